The van der Waals surface area contributed by atoms with Crippen molar-refractivity contribution in [3.63, 3.8) is 0 Å². The van der Waals surface area contributed by atoms with Gasteiger partial charge in [-0.15, -0.1) is 0 Å². The number of likely N-dealkylation sites (tertiary alicyclic amines) is 1. The number of carbonyl (C=O) groups excluding carboxylic acids is 1. The first-order valence-electron chi connectivity index (χ1n) is 7.99. The molecular weight excluding hydrogens is 330 g/mol. The van der Waals surface area contributed by atoms with Crippen LogP contribution in [0.4, 0.5) is 0 Å². The van der Waals surface area contributed by atoms with Crippen molar-refractivity contribution in [2.45, 2.75) is 32.0 Å². The van der Waals surface area contributed by atoms with Crippen molar-refractivity contribution in [2.75, 3.05) is 26.8 Å². The van der Waals surface area contributed by atoms with Gasteiger partial charge in [-0.25, -0.2) is 0 Å². The zero-order chi connectivity index (χ0) is 16.8. The van der Waals surface area contributed by atoms with Crippen LogP contribution in [-0.2, 0) is 22.5 Å². The van der Waals surface area contributed by atoms with Crippen molar-refractivity contribution in [1.29, 1.82) is 0 Å². The topological polar surface area (TPSA) is 77.7 Å². The van der Waals surface area contributed by atoms with E-state index in [0.29, 0.717) is 31.3 Å². The molecule has 1 fully saturated rings. The molecule has 8 heteroatoms. The van der Waals surface area contributed by atoms with E-state index in [9.17, 15) is 4.79 Å². The zero-order valence-corrected chi connectivity index (χ0v) is 14.5. The summed E-state index contributed by atoms with van der Waals surface area (Å²) in [5, 5.41) is 7.69. The highest BCUT2D eigenvalue weighted by Gasteiger charge is 2.25. The quantitative estimate of drug-likeness (QED) is 0.760. The highest BCUT2D eigenvalue weighted by atomic mass is 32.1. The molecule has 2 aromatic heterocycles. The number of thiophene rings is 1. The van der Waals surface area contributed by atoms with E-state index in [1.165, 1.54) is 11.3 Å². The number of piperidine rings is 1. The van der Waals surface area contributed by atoms with Gasteiger partial charge in [0.05, 0.1) is 18.3 Å². The number of nitrogens with zero attached hydrogens (tertiary/aromatic N) is 3. The summed E-state index contributed by atoms with van der Waals surface area (Å²) in [6.07, 6.45) is 2.48. The van der Waals surface area contributed by atoms with Gasteiger partial charge in [0.25, 0.3) is 11.8 Å². The molecule has 0 aliphatic carbocycles. The molecule has 0 saturated carbocycles. The monoisotopic (exact) mass is 351 g/mol. The summed E-state index contributed by atoms with van der Waals surface area (Å²) in [6.45, 7) is 2.20. The molecule has 0 radical (unpaired) electrons. The van der Waals surface area contributed by atoms with Crippen molar-refractivity contribution >= 4 is 17.2 Å². The smallest absolute Gasteiger partial charge is 0.254 e. The van der Waals surface area contributed by atoms with Crippen LogP contribution in [-0.4, -0.2) is 53.9 Å². The maximum absolute atomic E-state index is 12.4. The minimum Gasteiger partial charge on any atom is -0.384 e. The average molecular weight is 351 g/mol. The van der Waals surface area contributed by atoms with E-state index in [4.69, 9.17) is 14.0 Å². The van der Waals surface area contributed by atoms with E-state index in [1.807, 2.05) is 21.7 Å². The van der Waals surface area contributed by atoms with E-state index < -0.39 is 0 Å². The van der Waals surface area contributed by atoms with Crippen LogP contribution in [0.25, 0.3) is 0 Å². The summed E-state index contributed by atoms with van der Waals surface area (Å²) in [7, 11) is 1.64. The van der Waals surface area contributed by atoms with Crippen LogP contribution < -0.4 is 0 Å². The summed E-state index contributed by atoms with van der Waals surface area (Å²) >= 11 is 1.53. The fraction of sp³-hybridized carbons (Fsp3) is 0.562. The van der Waals surface area contributed by atoms with Crippen LogP contribution in [0.5, 0.6) is 0 Å². The Kier molecular flexibility index (Phi) is 5.95. The molecule has 24 heavy (non-hydrogen) atoms. The molecule has 1 aliphatic heterocycles. The Labute approximate surface area is 144 Å². The van der Waals surface area contributed by atoms with Gasteiger partial charge in [0.15, 0.2) is 5.82 Å². The van der Waals surface area contributed by atoms with Gasteiger partial charge in [-0.2, -0.15) is 16.3 Å². The van der Waals surface area contributed by atoms with Crippen LogP contribution in [0.1, 0.15) is 34.9 Å². The molecule has 1 amide bonds. The molecule has 1 unspecified atom stereocenters. The lowest BCUT2D eigenvalue weighted by Crippen LogP contribution is -2.43. The Morgan fingerprint density at radius 1 is 1.54 bits per heavy atom. The molecule has 7 nitrogen and oxygen atoms in total. The molecule has 3 rings (SSSR count). The number of ether oxygens (including phenoxy) is 2. The second-order valence-electron chi connectivity index (χ2n) is 5.69. The van der Waals surface area contributed by atoms with Gasteiger partial charge in [-0.05, 0) is 24.3 Å². The van der Waals surface area contributed by atoms with Gasteiger partial charge in [0, 0.05) is 32.0 Å². The Morgan fingerprint density at radius 3 is 3.25 bits per heavy atom. The minimum atomic E-state index is -0.00402. The molecule has 130 valence electrons. The molecular formula is C16H21N3O4S. The van der Waals surface area contributed by atoms with Crippen molar-refractivity contribution in [1.82, 2.24) is 15.0 Å². The predicted molar refractivity (Wildman–Crippen MR) is 87.9 cm³/mol. The zero-order valence-electron chi connectivity index (χ0n) is 13.6. The largest absolute Gasteiger partial charge is 0.384 e. The second kappa shape index (κ2) is 8.36. The maximum Gasteiger partial charge on any atom is 0.254 e. The third kappa shape index (κ3) is 4.40. The third-order valence-electron chi connectivity index (χ3n) is 3.92. The van der Waals surface area contributed by atoms with Crippen LogP contribution in [0, 0.1) is 0 Å². The number of hydrogen-bond donors (Lipinski definition) is 0. The summed E-state index contributed by atoms with van der Waals surface area (Å²) in [6, 6.07) is 1.86. The summed E-state index contributed by atoms with van der Waals surface area (Å²) < 4.78 is 16.0. The molecule has 1 atom stereocenters. The number of carbonyl (C=O) groups is 1. The highest BCUT2D eigenvalue weighted by Crippen LogP contribution is 2.18. The van der Waals surface area contributed by atoms with Gasteiger partial charge < -0.3 is 18.9 Å². The van der Waals surface area contributed by atoms with Crippen LogP contribution in [0.3, 0.4) is 0 Å². The summed E-state index contributed by atoms with van der Waals surface area (Å²) in [5.41, 5.74) is 0.750. The van der Waals surface area contributed by atoms with Crippen molar-refractivity contribution < 1.29 is 18.8 Å². The lowest BCUT2D eigenvalue weighted by molar-refractivity contribution is -0.0153. The fourth-order valence-corrected chi connectivity index (χ4v) is 3.29. The first kappa shape index (κ1) is 17.1. The van der Waals surface area contributed by atoms with Crippen molar-refractivity contribution in [2.24, 2.45) is 0 Å². The standard InChI is InChI=1S/C16H21N3O4S/c1-21-7-4-14-17-15(23-18-14)10-22-13-3-2-6-19(9-13)16(20)12-5-8-24-11-12/h5,8,11,13H,2-4,6-7,9-10H2,1H3. The van der Waals surface area contributed by atoms with Gasteiger partial charge in [-0.1, -0.05) is 5.16 Å². The number of methoxy groups -OCH3 is 1. The van der Waals surface area contributed by atoms with E-state index in [1.54, 1.807) is 7.11 Å². The van der Waals surface area contributed by atoms with E-state index in [-0.39, 0.29) is 18.6 Å². The van der Waals surface area contributed by atoms with Gasteiger partial charge in [0.2, 0.25) is 0 Å². The van der Waals surface area contributed by atoms with Gasteiger partial charge >= 0.3 is 0 Å². The van der Waals surface area contributed by atoms with E-state index in [2.05, 4.69) is 10.1 Å². The first-order valence-corrected chi connectivity index (χ1v) is 8.94. The molecule has 2 aromatic rings. The Morgan fingerprint density at radius 2 is 2.46 bits per heavy atom. The SMILES string of the molecule is COCCc1noc(COC2CCCN(C(=O)c3ccsc3)C2)n1. The first-order chi connectivity index (χ1) is 11.8. The summed E-state index contributed by atoms with van der Waals surface area (Å²) in [4.78, 5) is 18.5. The molecule has 0 N–H and O–H groups in total. The molecule has 0 spiro atoms. The lowest BCUT2D eigenvalue weighted by atomic mass is 10.1. The molecule has 0 bridgehead atoms. The molecule has 1 saturated heterocycles. The highest BCUT2D eigenvalue weighted by molar-refractivity contribution is 7.08. The van der Waals surface area contributed by atoms with E-state index in [0.717, 1.165) is 24.9 Å². The Bertz CT molecular complexity index is 644. The van der Waals surface area contributed by atoms with Gasteiger partial charge in [0.1, 0.15) is 6.61 Å². The van der Waals surface area contributed by atoms with Crippen LogP contribution in [0.2, 0.25) is 0 Å². The van der Waals surface area contributed by atoms with Crippen molar-refractivity contribution in [3.05, 3.63) is 34.1 Å². The molecule has 3 heterocycles. The van der Waals surface area contributed by atoms with Crippen LogP contribution in [0.15, 0.2) is 21.3 Å². The van der Waals surface area contributed by atoms with Crippen LogP contribution >= 0.6 is 11.3 Å². The normalized spacial score (nSPS) is 18.0. The number of hydrogen-bond acceptors (Lipinski definition) is 7. The van der Waals surface area contributed by atoms with E-state index >= 15 is 0 Å². The minimum absolute atomic E-state index is 0.00402. The third-order valence-corrected chi connectivity index (χ3v) is 4.60. The van der Waals surface area contributed by atoms with Gasteiger partial charge in [-0.3, -0.25) is 4.79 Å². The average Bonchev–Trinajstić information content (AvgIpc) is 3.29. The van der Waals surface area contributed by atoms with Crippen molar-refractivity contribution in [3.8, 4) is 0 Å². The predicted octanol–water partition coefficient (Wildman–Crippen LogP) is 2.14. The fourth-order valence-electron chi connectivity index (χ4n) is 2.66. The number of amides is 1. The summed E-state index contributed by atoms with van der Waals surface area (Å²) in [5.74, 6) is 1.15. The second-order valence-corrected chi connectivity index (χ2v) is 6.47. The Balaban J connectivity index is 1.48. The Hall–Kier alpha value is -1.77. The number of rotatable bonds is 7. The lowest BCUT2D eigenvalue weighted by Gasteiger charge is -2.32. The molecule has 0 aromatic carbocycles. The number of aromatic nitrogens is 2. The maximum atomic E-state index is 12.4. The molecule has 1 aliphatic rings.